The molecule has 0 saturated carbocycles. The first-order valence-corrected chi connectivity index (χ1v) is 7.22. The second-order valence-corrected chi connectivity index (χ2v) is 5.59. The molecule has 3 heterocycles. The van der Waals surface area contributed by atoms with Crippen LogP contribution in [0.1, 0.15) is 49.7 Å². The van der Waals surface area contributed by atoms with Gasteiger partial charge in [0.05, 0.1) is 12.6 Å². The summed E-state index contributed by atoms with van der Waals surface area (Å²) >= 11 is 0. The summed E-state index contributed by atoms with van der Waals surface area (Å²) in [5.41, 5.74) is 1.32. The van der Waals surface area contributed by atoms with E-state index in [2.05, 4.69) is 21.4 Å². The molecule has 3 rings (SSSR count). The second kappa shape index (κ2) is 5.02. The van der Waals surface area contributed by atoms with Crippen LogP contribution in [0.4, 0.5) is 0 Å². The molecule has 0 aliphatic carbocycles. The Morgan fingerprint density at radius 1 is 1.44 bits per heavy atom. The van der Waals surface area contributed by atoms with Crippen LogP contribution in [-0.4, -0.2) is 45.8 Å². The van der Waals surface area contributed by atoms with Crippen molar-refractivity contribution in [2.24, 2.45) is 0 Å². The van der Waals surface area contributed by atoms with E-state index < -0.39 is 0 Å². The molecule has 0 spiro atoms. The third-order valence-corrected chi connectivity index (χ3v) is 4.53. The van der Waals surface area contributed by atoms with Crippen molar-refractivity contribution < 1.29 is 5.11 Å². The van der Waals surface area contributed by atoms with Crippen molar-refractivity contribution in [3.63, 3.8) is 0 Å². The molecule has 2 atom stereocenters. The summed E-state index contributed by atoms with van der Waals surface area (Å²) in [5, 5.41) is 9.56. The number of hydrogen-bond donors (Lipinski definition) is 1. The summed E-state index contributed by atoms with van der Waals surface area (Å²) in [7, 11) is 0. The maximum Gasteiger partial charge on any atom is 0.113 e. The Kier molecular flexibility index (Phi) is 3.39. The Morgan fingerprint density at radius 2 is 2.33 bits per heavy atom. The zero-order valence-corrected chi connectivity index (χ0v) is 11.2. The highest BCUT2D eigenvalue weighted by atomic mass is 16.3. The summed E-state index contributed by atoms with van der Waals surface area (Å²) in [6.45, 7) is 5.92. The normalized spacial score (nSPS) is 28.6. The molecule has 100 valence electrons. The van der Waals surface area contributed by atoms with Crippen molar-refractivity contribution in [3.8, 4) is 0 Å². The van der Waals surface area contributed by atoms with Crippen molar-refractivity contribution in [2.75, 3.05) is 26.2 Å². The molecular weight excluding hydrogens is 226 g/mol. The maximum absolute atomic E-state index is 9.56. The first kappa shape index (κ1) is 12.2. The molecular formula is C14H23N3O. The third-order valence-electron chi connectivity index (χ3n) is 4.53. The van der Waals surface area contributed by atoms with Crippen LogP contribution in [0.15, 0.2) is 6.20 Å². The molecule has 1 fully saturated rings. The molecule has 2 aliphatic heterocycles. The third kappa shape index (κ3) is 1.97. The Bertz CT molecular complexity index is 415. The Morgan fingerprint density at radius 3 is 3.06 bits per heavy atom. The van der Waals surface area contributed by atoms with Crippen molar-refractivity contribution >= 4 is 0 Å². The summed E-state index contributed by atoms with van der Waals surface area (Å²) in [4.78, 5) is 7.16. The molecule has 18 heavy (non-hydrogen) atoms. The number of aliphatic hydroxyl groups excluding tert-OH is 1. The minimum Gasteiger partial charge on any atom is -0.394 e. The van der Waals surface area contributed by atoms with Crippen molar-refractivity contribution in [2.45, 2.75) is 44.6 Å². The lowest BCUT2D eigenvalue weighted by molar-refractivity contribution is 0.202. The summed E-state index contributed by atoms with van der Waals surface area (Å²) in [6.07, 6.45) is 6.64. The molecule has 1 aromatic heterocycles. The lowest BCUT2D eigenvalue weighted by Crippen LogP contribution is -2.25. The first-order valence-electron chi connectivity index (χ1n) is 7.22. The van der Waals surface area contributed by atoms with Gasteiger partial charge in [0, 0.05) is 24.4 Å². The van der Waals surface area contributed by atoms with Gasteiger partial charge in [0.1, 0.15) is 5.82 Å². The fourth-order valence-corrected chi connectivity index (χ4v) is 3.47. The van der Waals surface area contributed by atoms with E-state index in [1.807, 2.05) is 6.20 Å². The van der Waals surface area contributed by atoms with Crippen LogP contribution in [-0.2, 0) is 6.42 Å². The molecule has 4 nitrogen and oxygen atoms in total. The van der Waals surface area contributed by atoms with Crippen LogP contribution in [0.2, 0.25) is 0 Å². The average Bonchev–Trinajstić information content (AvgIpc) is 3.03. The van der Waals surface area contributed by atoms with E-state index in [1.54, 1.807) is 0 Å². The molecule has 0 radical (unpaired) electrons. The molecule has 1 N–H and O–H groups in total. The van der Waals surface area contributed by atoms with Crippen LogP contribution in [0.5, 0.6) is 0 Å². The van der Waals surface area contributed by atoms with E-state index in [1.165, 1.54) is 30.9 Å². The van der Waals surface area contributed by atoms with Gasteiger partial charge in [-0.2, -0.15) is 0 Å². The van der Waals surface area contributed by atoms with Crippen LogP contribution >= 0.6 is 0 Å². The molecule has 4 heteroatoms. The molecule has 2 aliphatic rings. The van der Waals surface area contributed by atoms with Gasteiger partial charge in [0.15, 0.2) is 0 Å². The quantitative estimate of drug-likeness (QED) is 0.884. The Balaban J connectivity index is 1.87. The van der Waals surface area contributed by atoms with E-state index in [-0.39, 0.29) is 12.6 Å². The maximum atomic E-state index is 9.56. The van der Waals surface area contributed by atoms with Gasteiger partial charge in [0.25, 0.3) is 0 Å². The SMILES string of the molecule is CCN1CCC(c2ncc3n2C(CO)CCC3)C1. The molecule has 0 bridgehead atoms. The van der Waals surface area contributed by atoms with Gasteiger partial charge >= 0.3 is 0 Å². The number of aromatic nitrogens is 2. The lowest BCUT2D eigenvalue weighted by Gasteiger charge is -2.27. The van der Waals surface area contributed by atoms with Crippen LogP contribution in [0, 0.1) is 0 Å². The van der Waals surface area contributed by atoms with E-state index in [9.17, 15) is 5.11 Å². The lowest BCUT2D eigenvalue weighted by atomic mass is 10.0. The predicted octanol–water partition coefficient (Wildman–Crippen LogP) is 1.56. The fraction of sp³-hybridized carbons (Fsp3) is 0.786. The highest BCUT2D eigenvalue weighted by Crippen LogP contribution is 2.33. The van der Waals surface area contributed by atoms with Gasteiger partial charge in [-0.1, -0.05) is 6.92 Å². The summed E-state index contributed by atoms with van der Waals surface area (Å²) in [6, 6.07) is 0.266. The van der Waals surface area contributed by atoms with E-state index in [0.29, 0.717) is 5.92 Å². The van der Waals surface area contributed by atoms with Crippen LogP contribution in [0.25, 0.3) is 0 Å². The monoisotopic (exact) mass is 249 g/mol. The number of hydrogen-bond acceptors (Lipinski definition) is 3. The number of aryl methyl sites for hydroxylation is 1. The Labute approximate surface area is 109 Å². The van der Waals surface area contributed by atoms with E-state index in [4.69, 9.17) is 0 Å². The van der Waals surface area contributed by atoms with Crippen LogP contribution < -0.4 is 0 Å². The number of likely N-dealkylation sites (N-methyl/N-ethyl adjacent to an activating group) is 1. The highest BCUT2D eigenvalue weighted by molar-refractivity contribution is 5.15. The van der Waals surface area contributed by atoms with Gasteiger partial charge < -0.3 is 14.6 Å². The molecule has 2 unspecified atom stereocenters. The number of likely N-dealkylation sites (tertiary alicyclic amines) is 1. The number of rotatable bonds is 3. The van der Waals surface area contributed by atoms with Crippen molar-refractivity contribution in [1.82, 2.24) is 14.5 Å². The number of aliphatic hydroxyl groups is 1. The van der Waals surface area contributed by atoms with Gasteiger partial charge in [-0.3, -0.25) is 0 Å². The van der Waals surface area contributed by atoms with Gasteiger partial charge in [-0.05, 0) is 38.8 Å². The highest BCUT2D eigenvalue weighted by Gasteiger charge is 2.30. The minimum absolute atomic E-state index is 0.251. The second-order valence-electron chi connectivity index (χ2n) is 5.59. The predicted molar refractivity (Wildman–Crippen MR) is 70.8 cm³/mol. The Hall–Kier alpha value is -0.870. The summed E-state index contributed by atoms with van der Waals surface area (Å²) in [5.74, 6) is 1.78. The van der Waals surface area contributed by atoms with Gasteiger partial charge in [0.2, 0.25) is 0 Å². The van der Waals surface area contributed by atoms with E-state index in [0.717, 1.165) is 25.9 Å². The largest absolute Gasteiger partial charge is 0.394 e. The number of imidazole rings is 1. The molecule has 1 aromatic rings. The zero-order chi connectivity index (χ0) is 12.5. The molecule has 0 amide bonds. The van der Waals surface area contributed by atoms with Gasteiger partial charge in [-0.15, -0.1) is 0 Å². The van der Waals surface area contributed by atoms with E-state index >= 15 is 0 Å². The van der Waals surface area contributed by atoms with Crippen molar-refractivity contribution in [1.29, 1.82) is 0 Å². The fourth-order valence-electron chi connectivity index (χ4n) is 3.47. The number of nitrogens with zero attached hydrogens (tertiary/aromatic N) is 3. The summed E-state index contributed by atoms with van der Waals surface area (Å²) < 4.78 is 2.34. The minimum atomic E-state index is 0.251. The van der Waals surface area contributed by atoms with Crippen LogP contribution in [0.3, 0.4) is 0 Å². The zero-order valence-electron chi connectivity index (χ0n) is 11.2. The van der Waals surface area contributed by atoms with Crippen molar-refractivity contribution in [3.05, 3.63) is 17.7 Å². The smallest absolute Gasteiger partial charge is 0.113 e. The standard InChI is InChI=1S/C14H23N3O/c1-2-16-7-6-11(9-16)14-15-8-12-4-3-5-13(10-18)17(12)14/h8,11,13,18H,2-7,9-10H2,1H3. The molecule has 1 saturated heterocycles. The number of fused-ring (bicyclic) bond motifs is 1. The van der Waals surface area contributed by atoms with Gasteiger partial charge in [-0.25, -0.2) is 4.98 Å². The topological polar surface area (TPSA) is 41.3 Å². The average molecular weight is 249 g/mol. The molecule has 0 aromatic carbocycles. The first-order chi connectivity index (χ1) is 8.83.